The van der Waals surface area contributed by atoms with E-state index in [1.165, 1.54) is 0 Å². The van der Waals surface area contributed by atoms with Crippen LogP contribution >= 0.6 is 0 Å². The van der Waals surface area contributed by atoms with Crippen molar-refractivity contribution in [2.75, 3.05) is 5.32 Å². The number of benzene rings is 1. The van der Waals surface area contributed by atoms with E-state index in [2.05, 4.69) is 16.4 Å². The molecule has 4 nitrogen and oxygen atoms in total. The molecular weight excluding hydrogens is 238 g/mol. The van der Waals surface area contributed by atoms with Crippen molar-refractivity contribution in [3.8, 4) is 5.69 Å². The largest absolute Gasteiger partial charge is 0.326 e. The summed E-state index contributed by atoms with van der Waals surface area (Å²) in [4.78, 5) is 16.0. The predicted octanol–water partition coefficient (Wildman–Crippen LogP) is 3.08. The van der Waals surface area contributed by atoms with Crippen molar-refractivity contribution in [1.29, 1.82) is 0 Å². The highest BCUT2D eigenvalue weighted by atomic mass is 16.1. The minimum absolute atomic E-state index is 0.0263. The molecule has 0 saturated heterocycles. The Hall–Kier alpha value is -2.10. The van der Waals surface area contributed by atoms with E-state index >= 15 is 0 Å². The maximum absolute atomic E-state index is 11.7. The molecule has 0 aliphatic heterocycles. The maximum Gasteiger partial charge on any atom is 0.226 e. The molecule has 2 rings (SSSR count). The Kier molecular flexibility index (Phi) is 3.69. The van der Waals surface area contributed by atoms with Gasteiger partial charge in [0.15, 0.2) is 0 Å². The number of anilines is 1. The number of hydrogen-bond acceptors (Lipinski definition) is 2. The third kappa shape index (κ3) is 3.22. The van der Waals surface area contributed by atoms with Gasteiger partial charge in [0, 0.05) is 23.5 Å². The van der Waals surface area contributed by atoms with Crippen LogP contribution in [-0.2, 0) is 4.79 Å². The van der Waals surface area contributed by atoms with Crippen LogP contribution in [-0.4, -0.2) is 15.5 Å². The average Bonchev–Trinajstić information content (AvgIpc) is 2.75. The van der Waals surface area contributed by atoms with Crippen molar-refractivity contribution in [2.45, 2.75) is 27.7 Å². The van der Waals surface area contributed by atoms with Crippen LogP contribution in [0.25, 0.3) is 5.69 Å². The van der Waals surface area contributed by atoms with E-state index in [0.29, 0.717) is 0 Å². The molecule has 4 heteroatoms. The Morgan fingerprint density at radius 1 is 1.26 bits per heavy atom. The van der Waals surface area contributed by atoms with Gasteiger partial charge >= 0.3 is 0 Å². The number of aryl methyl sites for hydroxylation is 2. The maximum atomic E-state index is 11.7. The Morgan fingerprint density at radius 2 is 2.00 bits per heavy atom. The summed E-state index contributed by atoms with van der Waals surface area (Å²) >= 11 is 0. The zero-order valence-electron chi connectivity index (χ0n) is 11.8. The smallest absolute Gasteiger partial charge is 0.226 e. The molecule has 0 bridgehead atoms. The number of carbonyl (C=O) groups is 1. The Bertz CT molecular complexity index is 599. The lowest BCUT2D eigenvalue weighted by Gasteiger charge is -2.11. The number of aromatic nitrogens is 2. The van der Waals surface area contributed by atoms with Crippen LogP contribution in [0.15, 0.2) is 30.7 Å². The Labute approximate surface area is 113 Å². The van der Waals surface area contributed by atoms with Crippen molar-refractivity contribution < 1.29 is 4.79 Å². The lowest BCUT2D eigenvalue weighted by molar-refractivity contribution is -0.118. The first-order chi connectivity index (χ1) is 8.95. The molecule has 0 radical (unpaired) electrons. The van der Waals surface area contributed by atoms with Gasteiger partial charge in [0.1, 0.15) is 0 Å². The topological polar surface area (TPSA) is 46.9 Å². The second-order valence-electron chi connectivity index (χ2n) is 5.12. The van der Waals surface area contributed by atoms with E-state index < -0.39 is 0 Å². The van der Waals surface area contributed by atoms with Gasteiger partial charge in [0.25, 0.3) is 0 Å². The highest BCUT2D eigenvalue weighted by Gasteiger charge is 2.08. The molecule has 1 aromatic heterocycles. The average molecular weight is 257 g/mol. The monoisotopic (exact) mass is 257 g/mol. The molecule has 0 fully saturated rings. The van der Waals surface area contributed by atoms with Gasteiger partial charge in [-0.15, -0.1) is 0 Å². The molecule has 0 saturated carbocycles. The number of nitrogens with one attached hydrogen (secondary N) is 1. The molecule has 19 heavy (non-hydrogen) atoms. The molecule has 100 valence electrons. The van der Waals surface area contributed by atoms with Crippen LogP contribution in [0.5, 0.6) is 0 Å². The van der Waals surface area contributed by atoms with E-state index in [0.717, 1.165) is 22.6 Å². The second kappa shape index (κ2) is 5.26. The normalized spacial score (nSPS) is 10.8. The van der Waals surface area contributed by atoms with E-state index in [1.54, 1.807) is 6.33 Å². The van der Waals surface area contributed by atoms with Gasteiger partial charge in [0.2, 0.25) is 5.91 Å². The Morgan fingerprint density at radius 3 is 2.58 bits per heavy atom. The summed E-state index contributed by atoms with van der Waals surface area (Å²) in [6.45, 7) is 7.72. The fourth-order valence-electron chi connectivity index (χ4n) is 1.83. The van der Waals surface area contributed by atoms with Crippen molar-refractivity contribution in [3.63, 3.8) is 0 Å². The van der Waals surface area contributed by atoms with Crippen molar-refractivity contribution >= 4 is 11.6 Å². The summed E-state index contributed by atoms with van der Waals surface area (Å²) in [5.41, 5.74) is 3.89. The van der Waals surface area contributed by atoms with Crippen molar-refractivity contribution in [1.82, 2.24) is 9.55 Å². The summed E-state index contributed by atoms with van der Waals surface area (Å²) in [7, 11) is 0. The van der Waals surface area contributed by atoms with E-state index in [4.69, 9.17) is 0 Å². The molecule has 0 aliphatic carbocycles. The lowest BCUT2D eigenvalue weighted by Crippen LogP contribution is -2.17. The number of carbonyl (C=O) groups excluding carboxylic acids is 1. The minimum atomic E-state index is -0.0283. The van der Waals surface area contributed by atoms with Crippen LogP contribution in [0.2, 0.25) is 0 Å². The predicted molar refractivity (Wildman–Crippen MR) is 76.5 cm³/mol. The fraction of sp³-hybridized carbons (Fsp3) is 0.333. The zero-order chi connectivity index (χ0) is 14.0. The lowest BCUT2D eigenvalue weighted by atomic mass is 10.1. The van der Waals surface area contributed by atoms with Gasteiger partial charge in [-0.2, -0.15) is 0 Å². The number of nitrogens with zero attached hydrogens (tertiary/aromatic N) is 2. The van der Waals surface area contributed by atoms with Gasteiger partial charge < -0.3 is 9.88 Å². The summed E-state index contributed by atoms with van der Waals surface area (Å²) in [5.74, 6) is -0.00202. The van der Waals surface area contributed by atoms with Gasteiger partial charge in [-0.05, 0) is 37.6 Å². The van der Waals surface area contributed by atoms with Gasteiger partial charge in [0.05, 0.1) is 12.0 Å². The summed E-state index contributed by atoms with van der Waals surface area (Å²) in [5, 5.41) is 2.93. The second-order valence-corrected chi connectivity index (χ2v) is 5.12. The molecular formula is C15H19N3O. The minimum Gasteiger partial charge on any atom is -0.326 e. The Balaban J connectivity index is 2.32. The first kappa shape index (κ1) is 13.3. The van der Waals surface area contributed by atoms with Crippen molar-refractivity contribution in [2.24, 2.45) is 5.92 Å². The standard InChI is InChI=1S/C15H19N3O/c1-10(2)15(19)17-13-5-11(3)6-14(7-13)18-8-12(4)16-9-18/h5-10H,1-4H3,(H,17,19). The summed E-state index contributed by atoms with van der Waals surface area (Å²) in [6.07, 6.45) is 3.74. The number of rotatable bonds is 3. The SMILES string of the molecule is Cc1cc(NC(=O)C(C)C)cc(-n2cnc(C)c2)c1. The van der Waals surface area contributed by atoms with Crippen LogP contribution in [0.1, 0.15) is 25.1 Å². The molecule has 0 spiro atoms. The van der Waals surface area contributed by atoms with E-state index in [9.17, 15) is 4.79 Å². The third-order valence-corrected chi connectivity index (χ3v) is 2.86. The van der Waals surface area contributed by atoms with Gasteiger partial charge in [-0.3, -0.25) is 4.79 Å². The number of imidazole rings is 1. The molecule has 0 atom stereocenters. The van der Waals surface area contributed by atoms with Crippen molar-refractivity contribution in [3.05, 3.63) is 42.0 Å². The first-order valence-electron chi connectivity index (χ1n) is 6.39. The summed E-state index contributed by atoms with van der Waals surface area (Å²) < 4.78 is 1.95. The molecule has 2 aromatic rings. The quantitative estimate of drug-likeness (QED) is 0.918. The van der Waals surface area contributed by atoms with Crippen LogP contribution < -0.4 is 5.32 Å². The zero-order valence-corrected chi connectivity index (χ0v) is 11.8. The molecule has 1 amide bonds. The molecule has 0 unspecified atom stereocenters. The highest BCUT2D eigenvalue weighted by Crippen LogP contribution is 2.19. The molecule has 1 heterocycles. The van der Waals surface area contributed by atoms with Crippen LogP contribution in [0.3, 0.4) is 0 Å². The third-order valence-electron chi connectivity index (χ3n) is 2.86. The van der Waals surface area contributed by atoms with Crippen LogP contribution in [0, 0.1) is 19.8 Å². The highest BCUT2D eigenvalue weighted by molar-refractivity contribution is 5.92. The van der Waals surface area contributed by atoms with Gasteiger partial charge in [-0.25, -0.2) is 4.98 Å². The number of amides is 1. The van der Waals surface area contributed by atoms with E-state index in [1.807, 2.05) is 50.6 Å². The van der Waals surface area contributed by atoms with E-state index in [-0.39, 0.29) is 11.8 Å². The molecule has 0 aliphatic rings. The fourth-order valence-corrected chi connectivity index (χ4v) is 1.83. The molecule has 1 aromatic carbocycles. The van der Waals surface area contributed by atoms with Crippen LogP contribution in [0.4, 0.5) is 5.69 Å². The molecule has 1 N–H and O–H groups in total. The first-order valence-corrected chi connectivity index (χ1v) is 6.39. The summed E-state index contributed by atoms with van der Waals surface area (Å²) in [6, 6.07) is 5.98. The number of hydrogen-bond donors (Lipinski definition) is 1. The van der Waals surface area contributed by atoms with Gasteiger partial charge in [-0.1, -0.05) is 13.8 Å².